The first-order chi connectivity index (χ1) is 5.73. The normalized spacial score (nSPS) is 22.5. The van der Waals surface area contributed by atoms with Gasteiger partial charge in [0.25, 0.3) is 5.92 Å². The van der Waals surface area contributed by atoms with E-state index in [-0.39, 0.29) is 0 Å². The Morgan fingerprint density at radius 3 is 2.31 bits per heavy atom. The van der Waals surface area contributed by atoms with E-state index >= 15 is 0 Å². The second-order valence-corrected chi connectivity index (χ2v) is 3.56. The number of hydrogen-bond donors (Lipinski definition) is 1. The molecule has 1 rings (SSSR count). The molecule has 0 radical (unpaired) electrons. The molecule has 0 aliphatic carbocycles. The molecule has 0 spiro atoms. The number of hydroxylamine groups is 2. The Morgan fingerprint density at radius 2 is 2.00 bits per heavy atom. The van der Waals surface area contributed by atoms with Crippen LogP contribution >= 0.6 is 0 Å². The van der Waals surface area contributed by atoms with Crippen LogP contribution in [-0.4, -0.2) is 40.8 Å². The van der Waals surface area contributed by atoms with Gasteiger partial charge in [0, 0.05) is 0 Å². The summed E-state index contributed by atoms with van der Waals surface area (Å²) in [7, 11) is 0. The first-order valence-electron chi connectivity index (χ1n) is 3.78. The third kappa shape index (κ3) is 2.35. The quantitative estimate of drug-likeness (QED) is 0.721. The highest BCUT2D eigenvalue weighted by molar-refractivity contribution is 5.76. The van der Waals surface area contributed by atoms with E-state index in [1.807, 2.05) is 0 Å². The van der Waals surface area contributed by atoms with Crippen LogP contribution in [0.2, 0.25) is 0 Å². The lowest BCUT2D eigenvalue weighted by atomic mass is 10.1. The van der Waals surface area contributed by atoms with Crippen molar-refractivity contribution in [2.24, 2.45) is 0 Å². The van der Waals surface area contributed by atoms with Crippen LogP contribution in [0.1, 0.15) is 13.8 Å². The molecule has 1 heterocycles. The lowest BCUT2D eigenvalue weighted by molar-refractivity contribution is -0.324. The first-order valence-corrected chi connectivity index (χ1v) is 3.78. The van der Waals surface area contributed by atoms with Crippen LogP contribution in [0.4, 0.5) is 8.78 Å². The number of halogens is 2. The summed E-state index contributed by atoms with van der Waals surface area (Å²) in [4.78, 5) is 15.3. The molecule has 0 saturated carbocycles. The summed E-state index contributed by atoms with van der Waals surface area (Å²) < 4.78 is 24.6. The molecule has 0 atom stereocenters. The highest BCUT2D eigenvalue weighted by Gasteiger charge is 2.47. The van der Waals surface area contributed by atoms with E-state index in [0.717, 1.165) is 5.06 Å². The Morgan fingerprint density at radius 1 is 1.54 bits per heavy atom. The molecule has 4 nitrogen and oxygen atoms in total. The zero-order valence-corrected chi connectivity index (χ0v) is 7.38. The van der Waals surface area contributed by atoms with Gasteiger partial charge in [0.1, 0.15) is 0 Å². The largest absolute Gasteiger partial charge is 0.479 e. The minimum absolute atomic E-state index is 0.538. The Bertz CT molecular complexity index is 222. The van der Waals surface area contributed by atoms with Crippen LogP contribution < -0.4 is 0 Å². The molecule has 76 valence electrons. The van der Waals surface area contributed by atoms with Gasteiger partial charge in [-0.3, -0.25) is 4.84 Å². The summed E-state index contributed by atoms with van der Waals surface area (Å²) in [6.07, 6.45) is 0. The topological polar surface area (TPSA) is 49.8 Å². The Kier molecular flexibility index (Phi) is 2.29. The number of nitrogens with zero attached hydrogens (tertiary/aromatic N) is 1. The van der Waals surface area contributed by atoms with Crippen molar-refractivity contribution < 1.29 is 23.5 Å². The number of carbonyl (C=O) groups is 1. The van der Waals surface area contributed by atoms with Gasteiger partial charge in [0.05, 0.1) is 13.1 Å². The number of rotatable bonds is 3. The molecule has 13 heavy (non-hydrogen) atoms. The van der Waals surface area contributed by atoms with Crippen molar-refractivity contribution in [2.45, 2.75) is 25.4 Å². The third-order valence-corrected chi connectivity index (χ3v) is 1.69. The zero-order valence-electron chi connectivity index (χ0n) is 7.38. The van der Waals surface area contributed by atoms with E-state index in [1.165, 1.54) is 13.8 Å². The number of alkyl halides is 2. The zero-order chi connectivity index (χ0) is 10.3. The molecule has 0 unspecified atom stereocenters. The first kappa shape index (κ1) is 10.3. The van der Waals surface area contributed by atoms with E-state index < -0.39 is 30.6 Å². The highest BCUT2D eigenvalue weighted by Crippen LogP contribution is 2.29. The molecule has 0 bridgehead atoms. The van der Waals surface area contributed by atoms with Crippen LogP contribution in [0.5, 0.6) is 0 Å². The van der Waals surface area contributed by atoms with Gasteiger partial charge in [0.15, 0.2) is 5.60 Å². The monoisotopic (exact) mass is 195 g/mol. The van der Waals surface area contributed by atoms with Gasteiger partial charge in [0.2, 0.25) is 0 Å². The molecular weight excluding hydrogens is 184 g/mol. The van der Waals surface area contributed by atoms with Gasteiger partial charge in [-0.25, -0.2) is 13.6 Å². The maximum atomic E-state index is 12.3. The van der Waals surface area contributed by atoms with Crippen LogP contribution in [0.15, 0.2) is 0 Å². The molecule has 0 aromatic carbocycles. The van der Waals surface area contributed by atoms with Gasteiger partial charge in [-0.05, 0) is 13.8 Å². The Hall–Kier alpha value is -0.750. The summed E-state index contributed by atoms with van der Waals surface area (Å²) in [5.74, 6) is -3.92. The molecule has 0 aromatic rings. The molecule has 1 saturated heterocycles. The predicted molar refractivity (Wildman–Crippen MR) is 39.3 cm³/mol. The third-order valence-electron chi connectivity index (χ3n) is 1.69. The van der Waals surface area contributed by atoms with Crippen molar-refractivity contribution in [3.8, 4) is 0 Å². The van der Waals surface area contributed by atoms with Crippen molar-refractivity contribution in [2.75, 3.05) is 13.1 Å². The van der Waals surface area contributed by atoms with Crippen molar-refractivity contribution in [1.82, 2.24) is 5.06 Å². The second-order valence-electron chi connectivity index (χ2n) is 3.56. The molecule has 1 N–H and O–H groups in total. The van der Waals surface area contributed by atoms with Gasteiger partial charge in [-0.1, -0.05) is 0 Å². The average Bonchev–Trinajstić information content (AvgIpc) is 1.81. The summed E-state index contributed by atoms with van der Waals surface area (Å²) in [6, 6.07) is 0. The van der Waals surface area contributed by atoms with E-state index in [1.54, 1.807) is 0 Å². The molecule has 1 aliphatic rings. The van der Waals surface area contributed by atoms with Gasteiger partial charge in [-0.15, -0.1) is 0 Å². The smallest absolute Gasteiger partial charge is 0.337 e. The standard InChI is InChI=1S/C7H11F2NO3/c1-6(2,5(11)12)13-10-3-7(8,9)4-10/h3-4H2,1-2H3,(H,11,12). The minimum Gasteiger partial charge on any atom is -0.479 e. The van der Waals surface area contributed by atoms with Gasteiger partial charge in [-0.2, -0.15) is 5.06 Å². The fraction of sp³-hybridized carbons (Fsp3) is 0.857. The van der Waals surface area contributed by atoms with Crippen LogP contribution in [0.25, 0.3) is 0 Å². The Balaban J connectivity index is 2.40. The van der Waals surface area contributed by atoms with Crippen LogP contribution in [0.3, 0.4) is 0 Å². The fourth-order valence-electron chi connectivity index (χ4n) is 0.896. The van der Waals surface area contributed by atoms with Crippen LogP contribution in [0, 0.1) is 0 Å². The van der Waals surface area contributed by atoms with Gasteiger partial charge < -0.3 is 5.11 Å². The summed E-state index contributed by atoms with van der Waals surface area (Å²) >= 11 is 0. The predicted octanol–water partition coefficient (Wildman–Crippen LogP) is 0.732. The number of aliphatic carboxylic acids is 1. The highest BCUT2D eigenvalue weighted by atomic mass is 19.3. The van der Waals surface area contributed by atoms with Crippen molar-refractivity contribution >= 4 is 5.97 Å². The van der Waals surface area contributed by atoms with Crippen molar-refractivity contribution in [3.05, 3.63) is 0 Å². The molecule has 0 amide bonds. The van der Waals surface area contributed by atoms with Crippen molar-refractivity contribution in [3.63, 3.8) is 0 Å². The average molecular weight is 195 g/mol. The summed E-state index contributed by atoms with van der Waals surface area (Å²) in [5, 5.41) is 9.55. The van der Waals surface area contributed by atoms with Crippen LogP contribution in [-0.2, 0) is 9.63 Å². The molecule has 1 fully saturated rings. The second kappa shape index (κ2) is 2.88. The summed E-state index contributed by atoms with van der Waals surface area (Å²) in [6.45, 7) is 1.55. The van der Waals surface area contributed by atoms with Crippen molar-refractivity contribution in [1.29, 1.82) is 0 Å². The maximum Gasteiger partial charge on any atom is 0.337 e. The Labute approximate surface area is 74.0 Å². The number of carboxylic acid groups (broad SMARTS) is 1. The van der Waals surface area contributed by atoms with Gasteiger partial charge >= 0.3 is 5.97 Å². The van der Waals surface area contributed by atoms with E-state index in [2.05, 4.69) is 0 Å². The molecule has 6 heteroatoms. The lowest BCUT2D eigenvalue weighted by Crippen LogP contribution is -2.59. The molecular formula is C7H11F2NO3. The SMILES string of the molecule is CC(C)(ON1CC(F)(F)C1)C(=O)O. The lowest BCUT2D eigenvalue weighted by Gasteiger charge is -2.40. The maximum absolute atomic E-state index is 12.3. The summed E-state index contributed by atoms with van der Waals surface area (Å²) in [5.41, 5.74) is -1.45. The van der Waals surface area contributed by atoms with E-state index in [0.29, 0.717) is 0 Å². The fourth-order valence-corrected chi connectivity index (χ4v) is 0.896. The minimum atomic E-state index is -2.74. The van der Waals surface area contributed by atoms with E-state index in [9.17, 15) is 13.6 Å². The number of carboxylic acids is 1. The molecule has 1 aliphatic heterocycles. The van der Waals surface area contributed by atoms with E-state index in [4.69, 9.17) is 9.94 Å². The number of hydrogen-bond acceptors (Lipinski definition) is 3. The molecule has 0 aromatic heterocycles.